The Kier molecular flexibility index (Phi) is 5.48. The van der Waals surface area contributed by atoms with Gasteiger partial charge in [-0.2, -0.15) is 0 Å². The van der Waals surface area contributed by atoms with Crippen molar-refractivity contribution in [2.45, 2.75) is 58.7 Å². The van der Waals surface area contributed by atoms with Crippen LogP contribution in [-0.4, -0.2) is 10.9 Å². The molecule has 0 heterocycles. The largest absolute Gasteiger partial charge is 0.369 e. The van der Waals surface area contributed by atoms with Crippen LogP contribution in [0.5, 0.6) is 0 Å². The SMILES string of the molecule is CC(C)(C)C1CCC(CBr)(OCc2ccccc2F)CC1. The highest BCUT2D eigenvalue weighted by atomic mass is 79.9. The molecule has 1 aromatic carbocycles. The lowest BCUT2D eigenvalue weighted by molar-refractivity contribution is -0.0790. The minimum atomic E-state index is -0.175. The molecule has 1 saturated carbocycles. The molecule has 0 radical (unpaired) electrons. The Bertz CT molecular complexity index is 459. The molecule has 2 rings (SSSR count). The van der Waals surface area contributed by atoms with Gasteiger partial charge in [0.1, 0.15) is 5.82 Å². The van der Waals surface area contributed by atoms with Crippen molar-refractivity contribution >= 4 is 15.9 Å². The van der Waals surface area contributed by atoms with Crippen LogP contribution >= 0.6 is 15.9 Å². The first kappa shape index (κ1) is 17.0. The summed E-state index contributed by atoms with van der Waals surface area (Å²) in [4.78, 5) is 0. The van der Waals surface area contributed by atoms with Crippen LogP contribution in [0.4, 0.5) is 4.39 Å². The van der Waals surface area contributed by atoms with Crippen molar-refractivity contribution < 1.29 is 9.13 Å². The zero-order chi connectivity index (χ0) is 15.5. The predicted molar refractivity (Wildman–Crippen MR) is 89.1 cm³/mol. The van der Waals surface area contributed by atoms with E-state index in [0.717, 1.165) is 24.1 Å². The number of ether oxygens (including phenoxy) is 1. The Hall–Kier alpha value is -0.410. The van der Waals surface area contributed by atoms with Gasteiger partial charge >= 0.3 is 0 Å². The average molecular weight is 357 g/mol. The molecule has 0 amide bonds. The first-order chi connectivity index (χ1) is 9.86. The van der Waals surface area contributed by atoms with Crippen molar-refractivity contribution in [3.63, 3.8) is 0 Å². The molecule has 3 heteroatoms. The van der Waals surface area contributed by atoms with E-state index in [-0.39, 0.29) is 11.4 Å². The third kappa shape index (κ3) is 4.29. The maximum Gasteiger partial charge on any atom is 0.128 e. The maximum absolute atomic E-state index is 13.7. The molecule has 1 aliphatic rings. The van der Waals surface area contributed by atoms with E-state index in [9.17, 15) is 4.39 Å². The Morgan fingerprint density at radius 3 is 2.38 bits per heavy atom. The summed E-state index contributed by atoms with van der Waals surface area (Å²) in [7, 11) is 0. The molecule has 0 spiro atoms. The van der Waals surface area contributed by atoms with Crippen LogP contribution in [0.15, 0.2) is 24.3 Å². The lowest BCUT2D eigenvalue weighted by Gasteiger charge is -2.43. The first-order valence-electron chi connectivity index (χ1n) is 7.80. The zero-order valence-electron chi connectivity index (χ0n) is 13.3. The van der Waals surface area contributed by atoms with Gasteiger partial charge in [0.05, 0.1) is 12.2 Å². The minimum Gasteiger partial charge on any atom is -0.369 e. The van der Waals surface area contributed by atoms with Crippen LogP contribution in [-0.2, 0) is 11.3 Å². The second-order valence-corrected chi connectivity index (χ2v) is 7.90. The van der Waals surface area contributed by atoms with Crippen molar-refractivity contribution in [1.82, 2.24) is 0 Å². The van der Waals surface area contributed by atoms with Crippen molar-refractivity contribution in [2.24, 2.45) is 11.3 Å². The topological polar surface area (TPSA) is 9.23 Å². The van der Waals surface area contributed by atoms with Crippen LogP contribution in [0.1, 0.15) is 52.0 Å². The van der Waals surface area contributed by atoms with Crippen molar-refractivity contribution in [1.29, 1.82) is 0 Å². The zero-order valence-corrected chi connectivity index (χ0v) is 14.9. The van der Waals surface area contributed by atoms with E-state index in [1.54, 1.807) is 12.1 Å². The highest BCUT2D eigenvalue weighted by Crippen LogP contribution is 2.43. The molecule has 0 atom stereocenters. The summed E-state index contributed by atoms with van der Waals surface area (Å²) in [5.41, 5.74) is 0.879. The summed E-state index contributed by atoms with van der Waals surface area (Å²) in [6, 6.07) is 6.88. The van der Waals surface area contributed by atoms with Crippen molar-refractivity contribution in [2.75, 3.05) is 5.33 Å². The number of hydrogen-bond acceptors (Lipinski definition) is 1. The van der Waals surface area contributed by atoms with E-state index in [4.69, 9.17) is 4.74 Å². The van der Waals surface area contributed by atoms with Gasteiger partial charge in [0, 0.05) is 10.9 Å². The van der Waals surface area contributed by atoms with Crippen LogP contribution in [0.25, 0.3) is 0 Å². The van der Waals surface area contributed by atoms with E-state index < -0.39 is 0 Å². The Morgan fingerprint density at radius 1 is 1.24 bits per heavy atom. The van der Waals surface area contributed by atoms with Gasteiger partial charge in [0.2, 0.25) is 0 Å². The van der Waals surface area contributed by atoms with E-state index in [1.165, 1.54) is 18.9 Å². The van der Waals surface area contributed by atoms with Gasteiger partial charge in [-0.15, -0.1) is 0 Å². The first-order valence-corrected chi connectivity index (χ1v) is 8.92. The Balaban J connectivity index is 1.96. The highest BCUT2D eigenvalue weighted by molar-refractivity contribution is 9.09. The number of benzene rings is 1. The monoisotopic (exact) mass is 356 g/mol. The smallest absolute Gasteiger partial charge is 0.128 e. The summed E-state index contributed by atoms with van der Waals surface area (Å²) in [6.45, 7) is 7.31. The van der Waals surface area contributed by atoms with Crippen LogP contribution in [0, 0.1) is 17.2 Å². The average Bonchev–Trinajstić information content (AvgIpc) is 2.46. The molecular weight excluding hydrogens is 331 g/mol. The molecule has 1 aromatic rings. The van der Waals surface area contributed by atoms with Gasteiger partial charge in [-0.1, -0.05) is 54.9 Å². The number of halogens is 2. The Labute approximate surface area is 136 Å². The van der Waals surface area contributed by atoms with Gasteiger partial charge in [0.15, 0.2) is 0 Å². The molecule has 21 heavy (non-hydrogen) atoms. The standard InChI is InChI=1S/C18H26BrFO/c1-17(2,3)15-8-10-18(13-19,11-9-15)21-12-14-6-4-5-7-16(14)20/h4-7,15H,8-13H2,1-3H3. The summed E-state index contributed by atoms with van der Waals surface area (Å²) >= 11 is 3.61. The molecule has 0 aromatic heterocycles. The maximum atomic E-state index is 13.7. The number of alkyl halides is 1. The fourth-order valence-corrected chi connectivity index (χ4v) is 3.90. The van der Waals surface area contributed by atoms with Gasteiger partial charge in [0.25, 0.3) is 0 Å². The third-order valence-electron chi connectivity index (χ3n) is 4.86. The van der Waals surface area contributed by atoms with Gasteiger partial charge in [-0.05, 0) is 43.1 Å². The fourth-order valence-electron chi connectivity index (χ4n) is 3.17. The van der Waals surface area contributed by atoms with Crippen LogP contribution in [0.3, 0.4) is 0 Å². The number of rotatable bonds is 4. The summed E-state index contributed by atoms with van der Waals surface area (Å²) in [6.07, 6.45) is 4.47. The molecule has 1 fully saturated rings. The van der Waals surface area contributed by atoms with Crippen LogP contribution in [0.2, 0.25) is 0 Å². The number of hydrogen-bond donors (Lipinski definition) is 0. The van der Waals surface area contributed by atoms with Gasteiger partial charge < -0.3 is 4.74 Å². The summed E-state index contributed by atoms with van der Waals surface area (Å²) in [5.74, 6) is 0.576. The second kappa shape index (κ2) is 6.78. The van der Waals surface area contributed by atoms with E-state index in [2.05, 4.69) is 36.7 Å². The molecule has 1 nitrogen and oxygen atoms in total. The molecule has 0 bridgehead atoms. The quantitative estimate of drug-likeness (QED) is 0.627. The molecule has 0 N–H and O–H groups in total. The summed E-state index contributed by atoms with van der Waals surface area (Å²) in [5, 5.41) is 0.825. The molecule has 118 valence electrons. The fraction of sp³-hybridized carbons (Fsp3) is 0.667. The third-order valence-corrected chi connectivity index (χ3v) is 5.88. The molecule has 0 aliphatic heterocycles. The van der Waals surface area contributed by atoms with Gasteiger partial charge in [-0.3, -0.25) is 0 Å². The molecule has 1 aliphatic carbocycles. The molecule has 0 saturated heterocycles. The van der Waals surface area contributed by atoms with E-state index in [1.807, 2.05) is 6.07 Å². The lowest BCUT2D eigenvalue weighted by Crippen LogP contribution is -2.41. The van der Waals surface area contributed by atoms with Gasteiger partial charge in [-0.25, -0.2) is 4.39 Å². The van der Waals surface area contributed by atoms with Crippen molar-refractivity contribution in [3.05, 3.63) is 35.6 Å². The highest BCUT2D eigenvalue weighted by Gasteiger charge is 2.38. The normalized spacial score (nSPS) is 26.8. The van der Waals surface area contributed by atoms with E-state index in [0.29, 0.717) is 17.6 Å². The minimum absolute atomic E-state index is 0.135. The van der Waals surface area contributed by atoms with E-state index >= 15 is 0 Å². The predicted octanol–water partition coefficient (Wildman–Crippen LogP) is 5.71. The lowest BCUT2D eigenvalue weighted by atomic mass is 9.69. The molecular formula is C18H26BrFO. The second-order valence-electron chi connectivity index (χ2n) is 7.34. The molecule has 0 unspecified atom stereocenters. The van der Waals surface area contributed by atoms with Crippen LogP contribution < -0.4 is 0 Å². The summed E-state index contributed by atoms with van der Waals surface area (Å²) < 4.78 is 19.9. The Morgan fingerprint density at radius 2 is 1.86 bits per heavy atom. The van der Waals surface area contributed by atoms with Crippen molar-refractivity contribution in [3.8, 4) is 0 Å².